The van der Waals surface area contributed by atoms with Gasteiger partial charge in [-0.15, -0.1) is 0 Å². The molecule has 100 valence electrons. The number of carbonyl (C=O) groups is 1. The van der Waals surface area contributed by atoms with Crippen molar-refractivity contribution in [1.82, 2.24) is 0 Å². The van der Waals surface area contributed by atoms with Gasteiger partial charge in [-0.3, -0.25) is 0 Å². The summed E-state index contributed by atoms with van der Waals surface area (Å²) in [5.74, 6) is -2.47. The molecule has 1 aromatic carbocycles. The molecule has 8 heteroatoms. The molecule has 1 unspecified atom stereocenters. The van der Waals surface area contributed by atoms with Gasteiger partial charge in [-0.2, -0.15) is 13.2 Å². The Labute approximate surface area is 105 Å². The fraction of sp³-hybridized carbons (Fsp3) is 0.300. The summed E-state index contributed by atoms with van der Waals surface area (Å²) in [6.07, 6.45) is -6.93. The zero-order valence-corrected chi connectivity index (χ0v) is 9.71. The predicted octanol–water partition coefficient (Wildman–Crippen LogP) is 2.49. The summed E-state index contributed by atoms with van der Waals surface area (Å²) >= 11 is 5.47. The molecule has 0 saturated carbocycles. The van der Waals surface area contributed by atoms with Crippen molar-refractivity contribution in [2.45, 2.75) is 12.3 Å². The molecule has 0 aliphatic rings. The number of halogens is 4. The molecule has 1 atom stereocenters. The topological polar surface area (TPSA) is 66.8 Å². The van der Waals surface area contributed by atoms with E-state index in [0.717, 1.165) is 13.2 Å². The molecule has 0 aliphatic heterocycles. The minimum atomic E-state index is -4.77. The van der Waals surface area contributed by atoms with Crippen LogP contribution in [-0.4, -0.2) is 23.3 Å². The van der Waals surface area contributed by atoms with Crippen LogP contribution >= 0.6 is 11.6 Å². The number of aliphatic hydroxyl groups excluding tert-OH is 1. The number of rotatable bonds is 3. The summed E-state index contributed by atoms with van der Waals surface area (Å²) in [5.41, 5.74) is -1.79. The second-order valence-corrected chi connectivity index (χ2v) is 3.75. The van der Waals surface area contributed by atoms with Crippen LogP contribution in [-0.2, 0) is 11.0 Å². The van der Waals surface area contributed by atoms with E-state index in [1.54, 1.807) is 0 Å². The highest BCUT2D eigenvalue weighted by atomic mass is 35.5. The predicted molar refractivity (Wildman–Crippen MR) is 55.6 cm³/mol. The van der Waals surface area contributed by atoms with Gasteiger partial charge in [-0.25, -0.2) is 4.79 Å². The smallest absolute Gasteiger partial charge is 0.420 e. The van der Waals surface area contributed by atoms with Gasteiger partial charge in [0.1, 0.15) is 5.75 Å². The van der Waals surface area contributed by atoms with Gasteiger partial charge in [-0.05, 0) is 12.1 Å². The van der Waals surface area contributed by atoms with E-state index in [0.29, 0.717) is 6.07 Å². The van der Waals surface area contributed by atoms with Crippen molar-refractivity contribution in [3.05, 3.63) is 28.3 Å². The van der Waals surface area contributed by atoms with Gasteiger partial charge >= 0.3 is 12.1 Å². The number of hydrogen-bond donors (Lipinski definition) is 2. The molecule has 0 aromatic heterocycles. The number of ether oxygens (including phenoxy) is 1. The van der Waals surface area contributed by atoms with E-state index in [1.807, 2.05) is 0 Å². The van der Waals surface area contributed by atoms with Crippen molar-refractivity contribution in [3.8, 4) is 5.75 Å². The van der Waals surface area contributed by atoms with Crippen LogP contribution in [0.2, 0.25) is 5.02 Å². The molecule has 18 heavy (non-hydrogen) atoms. The Morgan fingerprint density at radius 2 is 2.00 bits per heavy atom. The molecule has 0 aliphatic carbocycles. The first-order chi connectivity index (χ1) is 8.18. The van der Waals surface area contributed by atoms with Gasteiger partial charge in [0, 0.05) is 10.6 Å². The zero-order chi connectivity index (χ0) is 14.1. The van der Waals surface area contributed by atoms with E-state index in [2.05, 4.69) is 4.74 Å². The number of aliphatic carboxylic acids is 1. The Morgan fingerprint density at radius 3 is 2.39 bits per heavy atom. The van der Waals surface area contributed by atoms with E-state index < -0.39 is 35.1 Å². The molecule has 2 N–H and O–H groups in total. The second-order valence-electron chi connectivity index (χ2n) is 3.31. The van der Waals surface area contributed by atoms with E-state index in [9.17, 15) is 23.1 Å². The SMILES string of the molecule is COc1c(C(O)C(=O)O)cc(Cl)cc1C(F)(F)F. The number of aliphatic hydroxyl groups is 1. The number of carboxylic acids is 1. The fourth-order valence-electron chi connectivity index (χ4n) is 1.39. The summed E-state index contributed by atoms with van der Waals surface area (Å²) in [5, 5.41) is 17.6. The minimum absolute atomic E-state index is 0.349. The van der Waals surface area contributed by atoms with E-state index in [4.69, 9.17) is 16.7 Å². The third-order valence-corrected chi connectivity index (χ3v) is 2.34. The molecule has 0 bridgehead atoms. The molecular formula is C10H8ClF3O4. The standard InChI is InChI=1S/C10H8ClF3O4/c1-18-8-5(7(15)9(16)17)2-4(11)3-6(8)10(12,13)14/h2-3,7,15H,1H3,(H,16,17). The maximum Gasteiger partial charge on any atom is 0.420 e. The van der Waals surface area contributed by atoms with Crippen LogP contribution in [0.15, 0.2) is 12.1 Å². The number of alkyl halides is 3. The molecule has 0 radical (unpaired) electrons. The van der Waals surface area contributed by atoms with Gasteiger partial charge < -0.3 is 14.9 Å². The van der Waals surface area contributed by atoms with Crippen LogP contribution in [0, 0.1) is 0 Å². The Kier molecular flexibility index (Phi) is 4.08. The lowest BCUT2D eigenvalue weighted by molar-refractivity contribution is -0.147. The third kappa shape index (κ3) is 2.85. The lowest BCUT2D eigenvalue weighted by Crippen LogP contribution is -2.15. The van der Waals surface area contributed by atoms with Crippen molar-refractivity contribution >= 4 is 17.6 Å². The first-order valence-electron chi connectivity index (χ1n) is 4.54. The number of carboxylic acid groups (broad SMARTS) is 1. The molecule has 0 heterocycles. The highest BCUT2D eigenvalue weighted by molar-refractivity contribution is 6.30. The zero-order valence-electron chi connectivity index (χ0n) is 8.95. The maximum atomic E-state index is 12.7. The second kappa shape index (κ2) is 5.03. The van der Waals surface area contributed by atoms with Crippen molar-refractivity contribution < 1.29 is 32.9 Å². The number of benzene rings is 1. The monoisotopic (exact) mass is 284 g/mol. The van der Waals surface area contributed by atoms with Crippen LogP contribution in [0.1, 0.15) is 17.2 Å². The summed E-state index contributed by atoms with van der Waals surface area (Å²) in [7, 11) is 0.941. The molecule has 4 nitrogen and oxygen atoms in total. The third-order valence-electron chi connectivity index (χ3n) is 2.12. The van der Waals surface area contributed by atoms with Gasteiger partial charge in [0.15, 0.2) is 6.10 Å². The van der Waals surface area contributed by atoms with Crippen molar-refractivity contribution in [3.63, 3.8) is 0 Å². The number of hydrogen-bond acceptors (Lipinski definition) is 3. The first-order valence-corrected chi connectivity index (χ1v) is 4.91. The highest BCUT2D eigenvalue weighted by Crippen LogP contribution is 2.41. The quantitative estimate of drug-likeness (QED) is 0.895. The van der Waals surface area contributed by atoms with Crippen LogP contribution in [0.3, 0.4) is 0 Å². The van der Waals surface area contributed by atoms with Crippen molar-refractivity contribution in [2.75, 3.05) is 7.11 Å². The Hall–Kier alpha value is -1.47. The average Bonchev–Trinajstić information content (AvgIpc) is 2.25. The Morgan fingerprint density at radius 1 is 1.44 bits per heavy atom. The lowest BCUT2D eigenvalue weighted by atomic mass is 10.0. The average molecular weight is 285 g/mol. The summed E-state index contributed by atoms with van der Waals surface area (Å²) in [6.45, 7) is 0. The number of methoxy groups -OCH3 is 1. The molecule has 1 aromatic rings. The van der Waals surface area contributed by atoms with E-state index >= 15 is 0 Å². The van der Waals surface area contributed by atoms with E-state index in [-0.39, 0.29) is 5.02 Å². The summed E-state index contributed by atoms with van der Waals surface area (Å²) in [4.78, 5) is 10.6. The van der Waals surface area contributed by atoms with Crippen LogP contribution in [0.5, 0.6) is 5.75 Å². The minimum Gasteiger partial charge on any atom is -0.496 e. The maximum absolute atomic E-state index is 12.7. The Balaban J connectivity index is 3.52. The molecular weight excluding hydrogens is 277 g/mol. The van der Waals surface area contributed by atoms with Gasteiger partial charge in [0.05, 0.1) is 12.7 Å². The van der Waals surface area contributed by atoms with Crippen molar-refractivity contribution in [2.24, 2.45) is 0 Å². The highest BCUT2D eigenvalue weighted by Gasteiger charge is 2.37. The molecule has 0 spiro atoms. The van der Waals surface area contributed by atoms with Gasteiger partial charge in [0.25, 0.3) is 0 Å². The molecule has 0 amide bonds. The van der Waals surface area contributed by atoms with Crippen LogP contribution < -0.4 is 4.74 Å². The van der Waals surface area contributed by atoms with Crippen LogP contribution in [0.4, 0.5) is 13.2 Å². The first kappa shape index (κ1) is 14.6. The lowest BCUT2D eigenvalue weighted by Gasteiger charge is -2.17. The molecule has 1 rings (SSSR count). The normalized spacial score (nSPS) is 13.2. The van der Waals surface area contributed by atoms with Crippen molar-refractivity contribution in [1.29, 1.82) is 0 Å². The Bertz CT molecular complexity index is 473. The fourth-order valence-corrected chi connectivity index (χ4v) is 1.62. The largest absolute Gasteiger partial charge is 0.496 e. The molecule has 0 fully saturated rings. The summed E-state index contributed by atoms with van der Waals surface area (Å²) in [6, 6.07) is 1.51. The van der Waals surface area contributed by atoms with Gasteiger partial charge in [-0.1, -0.05) is 11.6 Å². The van der Waals surface area contributed by atoms with Crippen LogP contribution in [0.25, 0.3) is 0 Å². The summed E-state index contributed by atoms with van der Waals surface area (Å²) < 4.78 is 42.6. The molecule has 0 saturated heterocycles. The van der Waals surface area contributed by atoms with E-state index in [1.165, 1.54) is 0 Å². The van der Waals surface area contributed by atoms with Gasteiger partial charge in [0.2, 0.25) is 0 Å².